The Morgan fingerprint density at radius 1 is 0.926 bits per heavy atom. The Bertz CT molecular complexity index is 903. The summed E-state index contributed by atoms with van der Waals surface area (Å²) in [6.07, 6.45) is -4.48. The number of imide groups is 1. The molecular formula is C19H15F3N2O3. The van der Waals surface area contributed by atoms with Crippen LogP contribution in [0.3, 0.4) is 0 Å². The summed E-state index contributed by atoms with van der Waals surface area (Å²) in [7, 11) is 0. The van der Waals surface area contributed by atoms with E-state index in [0.29, 0.717) is 5.69 Å². The third-order valence-electron chi connectivity index (χ3n) is 4.84. The fourth-order valence-electron chi connectivity index (χ4n) is 3.30. The SMILES string of the molecule is Cc1ccc(N2C(=O)N(c3ccc(C(F)(F)F)cc3)C3(COC3)C2=O)cc1. The predicted molar refractivity (Wildman–Crippen MR) is 91.5 cm³/mol. The van der Waals surface area contributed by atoms with E-state index in [-0.39, 0.29) is 18.9 Å². The second-order valence-corrected chi connectivity index (χ2v) is 6.66. The molecule has 2 aromatic rings. The van der Waals surface area contributed by atoms with Gasteiger partial charge < -0.3 is 4.74 Å². The molecule has 0 unspecified atom stereocenters. The average Bonchev–Trinajstić information content (AvgIpc) is 2.82. The lowest BCUT2D eigenvalue weighted by Crippen LogP contribution is -2.64. The van der Waals surface area contributed by atoms with Gasteiger partial charge in [-0.05, 0) is 43.3 Å². The standard InChI is InChI=1S/C19H15F3N2O3/c1-12-2-6-14(7-3-12)23-16(25)18(10-27-11-18)24(17(23)26)15-8-4-13(5-9-15)19(20,21)22/h2-9H,10-11H2,1H3. The molecule has 27 heavy (non-hydrogen) atoms. The van der Waals surface area contributed by atoms with Crippen LogP contribution in [0.4, 0.5) is 29.3 Å². The zero-order chi connectivity index (χ0) is 19.4. The van der Waals surface area contributed by atoms with E-state index in [9.17, 15) is 22.8 Å². The average molecular weight is 376 g/mol. The van der Waals surface area contributed by atoms with Gasteiger partial charge >= 0.3 is 12.2 Å². The van der Waals surface area contributed by atoms with Crippen LogP contribution in [0.25, 0.3) is 0 Å². The molecule has 1 spiro atoms. The van der Waals surface area contributed by atoms with Gasteiger partial charge in [0, 0.05) is 5.69 Å². The minimum Gasteiger partial charge on any atom is -0.375 e. The van der Waals surface area contributed by atoms with Crippen LogP contribution >= 0.6 is 0 Å². The molecular weight excluding hydrogens is 361 g/mol. The molecule has 2 aliphatic heterocycles. The van der Waals surface area contributed by atoms with Crippen molar-refractivity contribution in [1.29, 1.82) is 0 Å². The van der Waals surface area contributed by atoms with Gasteiger partial charge in [0.05, 0.1) is 24.5 Å². The number of amides is 3. The van der Waals surface area contributed by atoms with Gasteiger partial charge in [-0.25, -0.2) is 9.69 Å². The Hall–Kier alpha value is -2.87. The lowest BCUT2D eigenvalue weighted by atomic mass is 9.94. The summed E-state index contributed by atoms with van der Waals surface area (Å²) in [4.78, 5) is 28.4. The Balaban J connectivity index is 1.75. The number of carbonyl (C=O) groups is 2. The molecule has 0 radical (unpaired) electrons. The van der Waals surface area contributed by atoms with E-state index in [4.69, 9.17) is 4.74 Å². The number of ether oxygens (including phenoxy) is 1. The maximum atomic E-state index is 13.0. The number of nitrogens with zero attached hydrogens (tertiary/aromatic N) is 2. The number of anilines is 2. The smallest absolute Gasteiger partial charge is 0.375 e. The van der Waals surface area contributed by atoms with Crippen molar-refractivity contribution in [2.75, 3.05) is 23.0 Å². The number of benzene rings is 2. The summed E-state index contributed by atoms with van der Waals surface area (Å²) < 4.78 is 43.6. The molecule has 5 nitrogen and oxygen atoms in total. The van der Waals surface area contributed by atoms with Gasteiger partial charge in [0.25, 0.3) is 5.91 Å². The molecule has 2 aromatic carbocycles. The van der Waals surface area contributed by atoms with Gasteiger partial charge in [-0.2, -0.15) is 13.2 Å². The second kappa shape index (κ2) is 5.82. The van der Waals surface area contributed by atoms with Crippen molar-refractivity contribution < 1.29 is 27.5 Å². The number of hydrogen-bond donors (Lipinski definition) is 0. The first-order valence-corrected chi connectivity index (χ1v) is 8.24. The van der Waals surface area contributed by atoms with Crippen molar-refractivity contribution in [3.8, 4) is 0 Å². The maximum Gasteiger partial charge on any atom is 0.416 e. The van der Waals surface area contributed by atoms with Crippen LogP contribution in [-0.2, 0) is 15.7 Å². The van der Waals surface area contributed by atoms with Crippen LogP contribution in [0.1, 0.15) is 11.1 Å². The molecule has 4 rings (SSSR count). The van der Waals surface area contributed by atoms with Gasteiger partial charge in [0.2, 0.25) is 0 Å². The first kappa shape index (κ1) is 17.5. The monoisotopic (exact) mass is 376 g/mol. The van der Waals surface area contributed by atoms with Crippen molar-refractivity contribution in [3.63, 3.8) is 0 Å². The molecule has 2 fully saturated rings. The molecule has 140 valence electrons. The number of alkyl halides is 3. The number of hydrogen-bond acceptors (Lipinski definition) is 3. The van der Waals surface area contributed by atoms with Crippen molar-refractivity contribution in [2.24, 2.45) is 0 Å². The molecule has 0 aromatic heterocycles. The molecule has 2 saturated heterocycles. The molecule has 0 bridgehead atoms. The van der Waals surface area contributed by atoms with Crippen molar-refractivity contribution in [3.05, 3.63) is 59.7 Å². The lowest BCUT2D eigenvalue weighted by molar-refractivity contribution is -0.138. The summed E-state index contributed by atoms with van der Waals surface area (Å²) in [5.41, 5.74) is -0.435. The summed E-state index contributed by atoms with van der Waals surface area (Å²) in [6.45, 7) is 1.88. The van der Waals surface area contributed by atoms with Crippen LogP contribution in [0.5, 0.6) is 0 Å². The lowest BCUT2D eigenvalue weighted by Gasteiger charge is -2.41. The summed E-state index contributed by atoms with van der Waals surface area (Å²) in [5, 5.41) is 0. The highest BCUT2D eigenvalue weighted by Gasteiger charge is 2.63. The van der Waals surface area contributed by atoms with Gasteiger partial charge in [-0.3, -0.25) is 9.69 Å². The quantitative estimate of drug-likeness (QED) is 0.750. The first-order valence-electron chi connectivity index (χ1n) is 8.24. The normalized spacial score (nSPS) is 19.0. The Morgan fingerprint density at radius 2 is 1.48 bits per heavy atom. The minimum absolute atomic E-state index is 0.000949. The molecule has 3 amide bonds. The summed E-state index contributed by atoms with van der Waals surface area (Å²) in [6, 6.07) is 10.5. The zero-order valence-electron chi connectivity index (χ0n) is 14.3. The molecule has 0 atom stereocenters. The van der Waals surface area contributed by atoms with Gasteiger partial charge in [-0.15, -0.1) is 0 Å². The highest BCUT2D eigenvalue weighted by Crippen LogP contribution is 2.41. The van der Waals surface area contributed by atoms with Gasteiger partial charge in [-0.1, -0.05) is 17.7 Å². The maximum absolute atomic E-state index is 13.0. The van der Waals surface area contributed by atoms with Gasteiger partial charge in [0.15, 0.2) is 5.54 Å². The fraction of sp³-hybridized carbons (Fsp3) is 0.263. The van der Waals surface area contributed by atoms with Crippen LogP contribution in [0.15, 0.2) is 48.5 Å². The summed E-state index contributed by atoms with van der Waals surface area (Å²) in [5.74, 6) is -0.442. The van der Waals surface area contributed by atoms with Crippen LogP contribution < -0.4 is 9.80 Å². The van der Waals surface area contributed by atoms with Crippen molar-refractivity contribution in [1.82, 2.24) is 0 Å². The third-order valence-corrected chi connectivity index (χ3v) is 4.84. The van der Waals surface area contributed by atoms with Crippen molar-refractivity contribution >= 4 is 23.3 Å². The highest BCUT2D eigenvalue weighted by molar-refractivity contribution is 6.31. The number of urea groups is 1. The van der Waals surface area contributed by atoms with E-state index in [1.165, 1.54) is 17.0 Å². The molecule has 2 aliphatic rings. The van der Waals surface area contributed by atoms with Gasteiger partial charge in [0.1, 0.15) is 0 Å². The Morgan fingerprint density at radius 3 is 1.96 bits per heavy atom. The second-order valence-electron chi connectivity index (χ2n) is 6.66. The van der Waals surface area contributed by atoms with E-state index in [0.717, 1.165) is 22.6 Å². The van der Waals surface area contributed by atoms with E-state index in [1.807, 2.05) is 6.92 Å². The highest BCUT2D eigenvalue weighted by atomic mass is 19.4. The summed E-state index contributed by atoms with van der Waals surface area (Å²) >= 11 is 0. The van der Waals surface area contributed by atoms with E-state index in [2.05, 4.69) is 0 Å². The number of halogens is 3. The molecule has 0 N–H and O–H groups in total. The van der Waals surface area contributed by atoms with Crippen LogP contribution in [-0.4, -0.2) is 30.7 Å². The molecule has 0 aliphatic carbocycles. The Labute approximate surface area is 152 Å². The van der Waals surface area contributed by atoms with Crippen LogP contribution in [0.2, 0.25) is 0 Å². The Kier molecular flexibility index (Phi) is 3.78. The predicted octanol–water partition coefficient (Wildman–Crippen LogP) is 3.76. The van der Waals surface area contributed by atoms with E-state index < -0.39 is 29.2 Å². The molecule has 2 heterocycles. The molecule has 0 saturated carbocycles. The number of aryl methyl sites for hydroxylation is 1. The van der Waals surface area contributed by atoms with E-state index in [1.54, 1.807) is 24.3 Å². The zero-order valence-corrected chi connectivity index (χ0v) is 14.3. The fourth-order valence-corrected chi connectivity index (χ4v) is 3.30. The molecule has 8 heteroatoms. The van der Waals surface area contributed by atoms with Crippen LogP contribution in [0, 0.1) is 6.92 Å². The van der Waals surface area contributed by atoms with E-state index >= 15 is 0 Å². The first-order chi connectivity index (χ1) is 12.7. The topological polar surface area (TPSA) is 49.9 Å². The minimum atomic E-state index is -4.48. The number of rotatable bonds is 2. The largest absolute Gasteiger partial charge is 0.416 e. The van der Waals surface area contributed by atoms with Crippen molar-refractivity contribution in [2.45, 2.75) is 18.6 Å². The number of carbonyl (C=O) groups excluding carboxylic acids is 2. The third kappa shape index (κ3) is 2.59.